The fourth-order valence-corrected chi connectivity index (χ4v) is 3.24. The molecule has 0 saturated heterocycles. The molecule has 1 aromatic carbocycles. The second-order valence-corrected chi connectivity index (χ2v) is 11.9. The zero-order valence-corrected chi connectivity index (χ0v) is 15.0. The molecular weight excluding hydrogens is 280 g/mol. The number of carbonyl (C=O) groups is 1. The predicted octanol–water partition coefficient (Wildman–Crippen LogP) is 4.60. The molecule has 0 radical (unpaired) electrons. The van der Waals surface area contributed by atoms with Crippen molar-refractivity contribution in [2.75, 3.05) is 6.61 Å². The number of hydrogen-bond acceptors (Lipinski definition) is 3. The fraction of sp³-hybridized carbons (Fsp3) is 0.588. The number of rotatable bonds is 4. The number of carbonyl (C=O) groups excluding carboxylic acids is 1. The van der Waals surface area contributed by atoms with Crippen LogP contribution in [-0.4, -0.2) is 20.7 Å². The minimum Gasteiger partial charge on any atom is -0.541 e. The number of aryl methyl sites for hydroxylation is 1. The summed E-state index contributed by atoms with van der Waals surface area (Å²) >= 11 is 0. The van der Waals surface area contributed by atoms with Crippen molar-refractivity contribution >= 4 is 14.1 Å². The van der Waals surface area contributed by atoms with Crippen LogP contribution in [0, 0.1) is 0 Å². The van der Waals surface area contributed by atoms with E-state index in [1.165, 1.54) is 0 Å². The average Bonchev–Trinajstić information content (AvgIpc) is 2.70. The van der Waals surface area contributed by atoms with Crippen LogP contribution in [0.5, 0.6) is 11.5 Å². The predicted molar refractivity (Wildman–Crippen MR) is 88.1 cm³/mol. The van der Waals surface area contributed by atoms with Crippen LogP contribution in [0.3, 0.4) is 0 Å². The van der Waals surface area contributed by atoms with E-state index in [4.69, 9.17) is 9.16 Å². The summed E-state index contributed by atoms with van der Waals surface area (Å²) in [6, 6.07) is 3.89. The first-order chi connectivity index (χ1) is 9.65. The molecule has 21 heavy (non-hydrogen) atoms. The second-order valence-electron chi connectivity index (χ2n) is 7.17. The van der Waals surface area contributed by atoms with Gasteiger partial charge in [0.25, 0.3) is 8.32 Å². The van der Waals surface area contributed by atoms with Gasteiger partial charge in [-0.25, -0.2) is 0 Å². The molecule has 1 aliphatic carbocycles. The minimum atomic E-state index is -1.95. The Labute approximate surface area is 128 Å². The molecule has 0 heterocycles. The first kappa shape index (κ1) is 16.1. The van der Waals surface area contributed by atoms with Crippen molar-refractivity contribution < 1.29 is 14.0 Å². The van der Waals surface area contributed by atoms with Gasteiger partial charge in [-0.05, 0) is 49.2 Å². The highest BCUT2D eigenvalue weighted by Gasteiger charge is 2.40. The molecule has 116 valence electrons. The minimum absolute atomic E-state index is 0.111. The van der Waals surface area contributed by atoms with E-state index >= 15 is 0 Å². The van der Waals surface area contributed by atoms with E-state index in [0.717, 1.165) is 29.0 Å². The van der Waals surface area contributed by atoms with Gasteiger partial charge in [-0.1, -0.05) is 20.8 Å². The van der Waals surface area contributed by atoms with Crippen molar-refractivity contribution in [2.24, 2.45) is 0 Å². The Balaban J connectivity index is 2.42. The van der Waals surface area contributed by atoms with Gasteiger partial charge in [0.1, 0.15) is 5.75 Å². The lowest BCUT2D eigenvalue weighted by Gasteiger charge is -2.37. The Morgan fingerprint density at radius 2 is 1.81 bits per heavy atom. The van der Waals surface area contributed by atoms with Gasteiger partial charge in [-0.2, -0.15) is 0 Å². The average molecular weight is 306 g/mol. The second kappa shape index (κ2) is 5.48. The third-order valence-corrected chi connectivity index (χ3v) is 8.91. The van der Waals surface area contributed by atoms with E-state index in [9.17, 15) is 4.79 Å². The molecule has 0 aliphatic heterocycles. The highest BCUT2D eigenvalue weighted by Crippen LogP contribution is 2.42. The summed E-state index contributed by atoms with van der Waals surface area (Å²) < 4.78 is 12.1. The highest BCUT2D eigenvalue weighted by molar-refractivity contribution is 6.74. The summed E-state index contributed by atoms with van der Waals surface area (Å²) in [7, 11) is -1.95. The zero-order chi connectivity index (χ0) is 15.8. The molecule has 0 saturated carbocycles. The van der Waals surface area contributed by atoms with Crippen LogP contribution in [-0.2, 0) is 6.42 Å². The van der Waals surface area contributed by atoms with Crippen molar-refractivity contribution in [3.8, 4) is 11.5 Å². The van der Waals surface area contributed by atoms with Gasteiger partial charge in [0, 0.05) is 12.0 Å². The van der Waals surface area contributed by atoms with Gasteiger partial charge < -0.3 is 9.16 Å². The van der Waals surface area contributed by atoms with Crippen LogP contribution in [0.25, 0.3) is 0 Å². The Kier molecular flexibility index (Phi) is 4.20. The molecule has 0 amide bonds. The van der Waals surface area contributed by atoms with E-state index in [-0.39, 0.29) is 10.8 Å². The molecule has 0 N–H and O–H groups in total. The molecule has 2 rings (SSSR count). The number of benzene rings is 1. The van der Waals surface area contributed by atoms with Crippen molar-refractivity contribution in [3.05, 3.63) is 23.3 Å². The maximum atomic E-state index is 12.0. The molecule has 0 aromatic heterocycles. The molecule has 0 atom stereocenters. The van der Waals surface area contributed by atoms with Gasteiger partial charge in [0.05, 0.1) is 6.61 Å². The molecular formula is C17H26O3Si. The van der Waals surface area contributed by atoms with Crippen LogP contribution in [0.1, 0.15) is 50.0 Å². The smallest absolute Gasteiger partial charge is 0.250 e. The van der Waals surface area contributed by atoms with Crippen molar-refractivity contribution in [1.29, 1.82) is 0 Å². The van der Waals surface area contributed by atoms with Crippen LogP contribution < -0.4 is 9.16 Å². The lowest BCUT2D eigenvalue weighted by atomic mass is 10.1. The first-order valence-electron chi connectivity index (χ1n) is 7.67. The lowest BCUT2D eigenvalue weighted by Crippen LogP contribution is -2.44. The van der Waals surface area contributed by atoms with Crippen molar-refractivity contribution in [1.82, 2.24) is 0 Å². The van der Waals surface area contributed by atoms with Gasteiger partial charge in [-0.15, -0.1) is 0 Å². The monoisotopic (exact) mass is 306 g/mol. The quantitative estimate of drug-likeness (QED) is 0.763. The highest BCUT2D eigenvalue weighted by atomic mass is 28.4. The third kappa shape index (κ3) is 3.15. The molecule has 3 nitrogen and oxygen atoms in total. The summed E-state index contributed by atoms with van der Waals surface area (Å²) in [6.45, 7) is 13.6. The summed E-state index contributed by atoms with van der Waals surface area (Å²) in [5, 5.41) is 0.111. The van der Waals surface area contributed by atoms with Crippen LogP contribution in [0.2, 0.25) is 18.1 Å². The summed E-state index contributed by atoms with van der Waals surface area (Å²) in [5.41, 5.74) is 1.90. The number of hydrogen-bond donors (Lipinski definition) is 0. The largest absolute Gasteiger partial charge is 0.541 e. The van der Waals surface area contributed by atoms with Crippen molar-refractivity contribution in [2.45, 2.75) is 58.7 Å². The number of ether oxygens (including phenoxy) is 1. The molecule has 4 heteroatoms. The van der Waals surface area contributed by atoms with Crippen LogP contribution in [0.4, 0.5) is 0 Å². The lowest BCUT2D eigenvalue weighted by molar-refractivity contribution is 0.0994. The maximum Gasteiger partial charge on any atom is 0.250 e. The summed E-state index contributed by atoms with van der Waals surface area (Å²) in [5.74, 6) is 1.72. The Bertz CT molecular complexity index is 556. The Morgan fingerprint density at radius 3 is 2.38 bits per heavy atom. The van der Waals surface area contributed by atoms with E-state index < -0.39 is 8.32 Å². The van der Waals surface area contributed by atoms with E-state index in [2.05, 4.69) is 33.9 Å². The molecule has 0 bridgehead atoms. The third-order valence-electron chi connectivity index (χ3n) is 4.56. The van der Waals surface area contributed by atoms with Gasteiger partial charge in [0.2, 0.25) is 0 Å². The topological polar surface area (TPSA) is 35.5 Å². The molecule has 0 spiro atoms. The number of Topliss-reactive ketones (excluding diaryl/α,β-unsaturated/α-hetero) is 1. The molecule has 0 fully saturated rings. The summed E-state index contributed by atoms with van der Waals surface area (Å²) in [4.78, 5) is 12.0. The van der Waals surface area contributed by atoms with Gasteiger partial charge in [-0.3, -0.25) is 4.79 Å². The van der Waals surface area contributed by atoms with E-state index in [1.54, 1.807) is 0 Å². The number of ketones is 1. The Morgan fingerprint density at radius 1 is 1.14 bits per heavy atom. The first-order valence-corrected chi connectivity index (χ1v) is 10.6. The van der Waals surface area contributed by atoms with Crippen LogP contribution >= 0.6 is 0 Å². The summed E-state index contributed by atoms with van der Waals surface area (Å²) in [6.07, 6.45) is 1.42. The van der Waals surface area contributed by atoms with Crippen LogP contribution in [0.15, 0.2) is 12.1 Å². The van der Waals surface area contributed by atoms with Gasteiger partial charge in [0.15, 0.2) is 11.5 Å². The molecule has 0 unspecified atom stereocenters. The van der Waals surface area contributed by atoms with Crippen molar-refractivity contribution in [3.63, 3.8) is 0 Å². The number of fused-ring (bicyclic) bond motifs is 1. The van der Waals surface area contributed by atoms with Gasteiger partial charge >= 0.3 is 0 Å². The standard InChI is InChI=1S/C17H26O3Si/c1-7-19-15-10-12-8-9-14(18)13(12)11-16(15)20-21(5,6)17(2,3)4/h10-11H,7-9H2,1-6H3. The maximum absolute atomic E-state index is 12.0. The molecule has 1 aromatic rings. The van der Waals surface area contributed by atoms with E-state index in [1.807, 2.05) is 19.1 Å². The fourth-order valence-electron chi connectivity index (χ4n) is 2.23. The van der Waals surface area contributed by atoms with E-state index in [0.29, 0.717) is 13.0 Å². The normalized spacial score (nSPS) is 15.0. The molecule has 1 aliphatic rings. The Hall–Kier alpha value is -1.29. The zero-order valence-electron chi connectivity index (χ0n) is 14.0. The SMILES string of the molecule is CCOc1cc2c(cc1O[Si](C)(C)C(C)(C)C)C(=O)CC2.